The Kier molecular flexibility index (Phi) is 5.97. The van der Waals surface area contributed by atoms with Gasteiger partial charge in [0.1, 0.15) is 5.15 Å². The summed E-state index contributed by atoms with van der Waals surface area (Å²) < 4.78 is 26.4. The van der Waals surface area contributed by atoms with Crippen LogP contribution in [0.15, 0.2) is 34.6 Å². The summed E-state index contributed by atoms with van der Waals surface area (Å²) in [7, 11) is -3.74. The highest BCUT2D eigenvalue weighted by atomic mass is 35.5. The Hall–Kier alpha value is -2.19. The molecule has 2 aromatic rings. The summed E-state index contributed by atoms with van der Waals surface area (Å²) in [6.45, 7) is 4.48. The molecule has 0 fully saturated rings. The summed E-state index contributed by atoms with van der Waals surface area (Å²) in [5.74, 6) is 0. The smallest absolute Gasteiger partial charge is 0.258 e. The van der Waals surface area contributed by atoms with Gasteiger partial charge in [-0.15, -0.1) is 0 Å². The zero-order valence-corrected chi connectivity index (χ0v) is 15.4. The summed E-state index contributed by atoms with van der Waals surface area (Å²) in [4.78, 5) is 10.0. The van der Waals surface area contributed by atoms with Crippen molar-refractivity contribution in [2.75, 3.05) is 0 Å². The van der Waals surface area contributed by atoms with E-state index >= 15 is 0 Å². The minimum absolute atomic E-state index is 0.0264. The van der Waals surface area contributed by atoms with Gasteiger partial charge >= 0.3 is 0 Å². The molecular formula is C16H18ClN3O4S. The van der Waals surface area contributed by atoms with Crippen LogP contribution in [0.25, 0.3) is 6.08 Å². The van der Waals surface area contributed by atoms with Gasteiger partial charge in [-0.3, -0.25) is 14.8 Å². The first kappa shape index (κ1) is 19.1. The Bertz CT molecular complexity index is 902. The number of halogens is 1. The molecule has 0 aliphatic carbocycles. The number of aryl methyl sites for hydroxylation is 2. The van der Waals surface area contributed by atoms with Gasteiger partial charge in [-0.2, -0.15) is 5.10 Å². The molecule has 0 aliphatic rings. The molecule has 0 N–H and O–H groups in total. The molecule has 134 valence electrons. The van der Waals surface area contributed by atoms with E-state index in [0.717, 1.165) is 30.4 Å². The van der Waals surface area contributed by atoms with Crippen molar-refractivity contribution in [2.24, 2.45) is 0 Å². The Morgan fingerprint density at radius 2 is 1.96 bits per heavy atom. The van der Waals surface area contributed by atoms with Crippen LogP contribution < -0.4 is 0 Å². The Morgan fingerprint density at radius 1 is 1.32 bits per heavy atom. The molecule has 2 rings (SSSR count). The Balaban J connectivity index is 2.28. The quantitative estimate of drug-likeness (QED) is 0.532. The third-order valence-electron chi connectivity index (χ3n) is 3.62. The molecule has 0 aliphatic heterocycles. The van der Waals surface area contributed by atoms with Crippen molar-refractivity contribution in [3.8, 4) is 0 Å². The predicted molar refractivity (Wildman–Crippen MR) is 96.2 cm³/mol. The highest BCUT2D eigenvalue weighted by Crippen LogP contribution is 2.24. The highest BCUT2D eigenvalue weighted by Gasteiger charge is 2.15. The van der Waals surface area contributed by atoms with E-state index in [0.29, 0.717) is 23.0 Å². The molecule has 0 saturated heterocycles. The van der Waals surface area contributed by atoms with Crippen LogP contribution in [-0.2, 0) is 16.4 Å². The van der Waals surface area contributed by atoms with Crippen LogP contribution >= 0.6 is 11.6 Å². The number of non-ortho nitro benzene ring substituents is 1. The number of hydrogen-bond donors (Lipinski definition) is 0. The fourth-order valence-electron chi connectivity index (χ4n) is 2.21. The number of nitrogens with zero attached hydrogens (tertiary/aromatic N) is 3. The maximum atomic E-state index is 12.4. The number of hydrogen-bond acceptors (Lipinski definition) is 5. The van der Waals surface area contributed by atoms with E-state index in [1.54, 1.807) is 11.6 Å². The fourth-order valence-corrected chi connectivity index (χ4v) is 3.52. The predicted octanol–water partition coefficient (Wildman–Crippen LogP) is 4.00. The second-order valence-electron chi connectivity index (χ2n) is 5.47. The van der Waals surface area contributed by atoms with Crippen molar-refractivity contribution in [3.63, 3.8) is 0 Å². The van der Waals surface area contributed by atoms with Crippen LogP contribution in [0.5, 0.6) is 0 Å². The van der Waals surface area contributed by atoms with E-state index in [1.807, 2.05) is 0 Å². The SMILES string of the molecule is CCCCn1nc(C)c(/C=C/S(=O)(=O)c2ccc([N+](=O)[O-])cc2)c1Cl. The molecule has 0 saturated carbocycles. The molecule has 0 amide bonds. The number of nitro groups is 1. The summed E-state index contributed by atoms with van der Waals surface area (Å²) in [6.07, 6.45) is 3.32. The lowest BCUT2D eigenvalue weighted by atomic mass is 10.3. The van der Waals surface area contributed by atoms with E-state index in [-0.39, 0.29) is 10.6 Å². The zero-order valence-electron chi connectivity index (χ0n) is 13.8. The van der Waals surface area contributed by atoms with Gasteiger partial charge < -0.3 is 0 Å². The standard InChI is InChI=1S/C16H18ClN3O4S/c1-3-4-10-19-16(17)15(12(2)18-19)9-11-25(23,24)14-7-5-13(6-8-14)20(21)22/h5-9,11H,3-4,10H2,1-2H3/b11-9+. The summed E-state index contributed by atoms with van der Waals surface area (Å²) >= 11 is 6.28. The molecule has 0 unspecified atom stereocenters. The number of aromatic nitrogens is 2. The van der Waals surface area contributed by atoms with Crippen molar-refractivity contribution in [2.45, 2.75) is 38.1 Å². The van der Waals surface area contributed by atoms with Crippen molar-refractivity contribution in [1.29, 1.82) is 0 Å². The van der Waals surface area contributed by atoms with Crippen LogP contribution in [0.3, 0.4) is 0 Å². The second kappa shape index (κ2) is 7.79. The van der Waals surface area contributed by atoms with Crippen molar-refractivity contribution < 1.29 is 13.3 Å². The topological polar surface area (TPSA) is 95.1 Å². The van der Waals surface area contributed by atoms with Crippen molar-refractivity contribution >= 4 is 33.2 Å². The van der Waals surface area contributed by atoms with Gasteiger partial charge in [0.15, 0.2) is 9.84 Å². The van der Waals surface area contributed by atoms with E-state index < -0.39 is 14.8 Å². The number of rotatable bonds is 7. The van der Waals surface area contributed by atoms with Gasteiger partial charge in [0, 0.05) is 29.6 Å². The van der Waals surface area contributed by atoms with Crippen LogP contribution in [0, 0.1) is 17.0 Å². The third kappa shape index (κ3) is 4.46. The van der Waals surface area contributed by atoms with E-state index in [2.05, 4.69) is 12.0 Å². The fraction of sp³-hybridized carbons (Fsp3) is 0.312. The van der Waals surface area contributed by atoms with Crippen LogP contribution in [0.1, 0.15) is 31.0 Å². The molecule has 25 heavy (non-hydrogen) atoms. The molecule has 9 heteroatoms. The molecule has 7 nitrogen and oxygen atoms in total. The monoisotopic (exact) mass is 383 g/mol. The van der Waals surface area contributed by atoms with Gasteiger partial charge in [0.05, 0.1) is 15.5 Å². The molecule has 1 aromatic heterocycles. The summed E-state index contributed by atoms with van der Waals surface area (Å²) in [5, 5.41) is 16.4. The van der Waals surface area contributed by atoms with Crippen LogP contribution in [-0.4, -0.2) is 23.1 Å². The second-order valence-corrected chi connectivity index (χ2v) is 7.66. The number of benzene rings is 1. The van der Waals surface area contributed by atoms with E-state index in [1.165, 1.54) is 18.2 Å². The first-order chi connectivity index (χ1) is 11.8. The first-order valence-corrected chi connectivity index (χ1v) is 9.59. The van der Waals surface area contributed by atoms with E-state index in [4.69, 9.17) is 11.6 Å². The lowest BCUT2D eigenvalue weighted by Gasteiger charge is -2.01. The van der Waals surface area contributed by atoms with Crippen molar-refractivity contribution in [1.82, 2.24) is 9.78 Å². The van der Waals surface area contributed by atoms with Gasteiger partial charge in [-0.25, -0.2) is 8.42 Å². The maximum absolute atomic E-state index is 12.4. The van der Waals surface area contributed by atoms with Crippen LogP contribution in [0.4, 0.5) is 5.69 Å². The highest BCUT2D eigenvalue weighted by molar-refractivity contribution is 7.94. The number of unbranched alkanes of at least 4 members (excludes halogenated alkanes) is 1. The van der Waals surface area contributed by atoms with Gasteiger partial charge in [0.25, 0.3) is 5.69 Å². The molecule has 0 radical (unpaired) electrons. The molecule has 1 heterocycles. The van der Waals surface area contributed by atoms with Crippen LogP contribution in [0.2, 0.25) is 5.15 Å². The normalized spacial score (nSPS) is 12.0. The number of sulfone groups is 1. The first-order valence-electron chi connectivity index (χ1n) is 7.66. The lowest BCUT2D eigenvalue weighted by molar-refractivity contribution is -0.384. The average Bonchev–Trinajstić information content (AvgIpc) is 2.84. The molecule has 0 spiro atoms. The average molecular weight is 384 g/mol. The van der Waals surface area contributed by atoms with E-state index in [9.17, 15) is 18.5 Å². The summed E-state index contributed by atoms with van der Waals surface area (Å²) in [5.41, 5.74) is 1.01. The molecule has 1 aromatic carbocycles. The Morgan fingerprint density at radius 3 is 2.52 bits per heavy atom. The molecule has 0 bridgehead atoms. The van der Waals surface area contributed by atoms with Gasteiger partial charge in [0.2, 0.25) is 0 Å². The van der Waals surface area contributed by atoms with Crippen molar-refractivity contribution in [3.05, 3.63) is 56.2 Å². The third-order valence-corrected chi connectivity index (χ3v) is 5.45. The number of nitro benzene ring substituents is 1. The molecule has 0 atom stereocenters. The largest absolute Gasteiger partial charge is 0.269 e. The summed E-state index contributed by atoms with van der Waals surface area (Å²) in [6, 6.07) is 4.72. The zero-order chi connectivity index (χ0) is 18.6. The lowest BCUT2D eigenvalue weighted by Crippen LogP contribution is -1.99. The van der Waals surface area contributed by atoms with Gasteiger partial charge in [-0.05, 0) is 31.6 Å². The maximum Gasteiger partial charge on any atom is 0.269 e. The molecular weight excluding hydrogens is 366 g/mol. The minimum atomic E-state index is -3.74. The minimum Gasteiger partial charge on any atom is -0.258 e. The van der Waals surface area contributed by atoms with Gasteiger partial charge in [-0.1, -0.05) is 24.9 Å². The Labute approximate surface area is 151 Å².